The van der Waals surface area contributed by atoms with E-state index in [-0.39, 0.29) is 6.54 Å². The van der Waals surface area contributed by atoms with Gasteiger partial charge in [-0.05, 0) is 37.1 Å². The Kier molecular flexibility index (Phi) is 3.98. The van der Waals surface area contributed by atoms with Crippen LogP contribution in [-0.4, -0.2) is 35.6 Å². The van der Waals surface area contributed by atoms with Gasteiger partial charge in [-0.15, -0.1) is 0 Å². The summed E-state index contributed by atoms with van der Waals surface area (Å²) in [5.74, 6) is -0.437. The molecule has 0 aliphatic carbocycles. The number of hydrogen-bond donors (Lipinski definition) is 1. The van der Waals surface area contributed by atoms with Gasteiger partial charge in [0.15, 0.2) is 0 Å². The van der Waals surface area contributed by atoms with Gasteiger partial charge in [0.1, 0.15) is 5.69 Å². The summed E-state index contributed by atoms with van der Waals surface area (Å²) in [5, 5.41) is 0.910. The second-order valence-corrected chi connectivity index (χ2v) is 5.32. The fourth-order valence-corrected chi connectivity index (χ4v) is 2.32. The first-order valence-electron chi connectivity index (χ1n) is 6.59. The molecule has 1 aromatic carbocycles. The third-order valence-electron chi connectivity index (χ3n) is 3.40. The molecule has 3 nitrogen and oxygen atoms in total. The van der Waals surface area contributed by atoms with Crippen LogP contribution in [0.15, 0.2) is 18.2 Å². The van der Waals surface area contributed by atoms with Crippen LogP contribution >= 0.6 is 0 Å². The van der Waals surface area contributed by atoms with Gasteiger partial charge in [0.25, 0.3) is 5.91 Å². The molecule has 0 radical (unpaired) electrons. The summed E-state index contributed by atoms with van der Waals surface area (Å²) in [7, 11) is 1.37. The van der Waals surface area contributed by atoms with E-state index in [1.165, 1.54) is 7.05 Å². The standard InChI is InChI=1S/C15H17F3N2O/c1-9-6-10(2)11-8-13(19-12(11)7-9)14(21)20(3)5-4-15(16,17)18/h6-8,19H,4-5H2,1-3H3. The van der Waals surface area contributed by atoms with Crippen molar-refractivity contribution in [1.82, 2.24) is 9.88 Å². The second kappa shape index (κ2) is 5.42. The summed E-state index contributed by atoms with van der Waals surface area (Å²) in [4.78, 5) is 16.2. The van der Waals surface area contributed by atoms with Crippen molar-refractivity contribution in [3.63, 3.8) is 0 Å². The van der Waals surface area contributed by atoms with E-state index in [1.54, 1.807) is 6.07 Å². The second-order valence-electron chi connectivity index (χ2n) is 5.32. The summed E-state index contributed by atoms with van der Waals surface area (Å²) in [6.45, 7) is 3.53. The Hall–Kier alpha value is -1.98. The number of rotatable bonds is 3. The summed E-state index contributed by atoms with van der Waals surface area (Å²) in [5.41, 5.74) is 3.22. The first kappa shape index (κ1) is 15.4. The largest absolute Gasteiger partial charge is 0.390 e. The predicted octanol–water partition coefficient (Wildman–Crippen LogP) is 3.81. The van der Waals surface area contributed by atoms with Crippen molar-refractivity contribution in [3.8, 4) is 0 Å². The molecule has 0 spiro atoms. The lowest BCUT2D eigenvalue weighted by Crippen LogP contribution is -2.30. The number of carbonyl (C=O) groups excluding carboxylic acids is 1. The molecule has 1 amide bonds. The normalized spacial score (nSPS) is 11.9. The number of alkyl halides is 3. The van der Waals surface area contributed by atoms with Crippen LogP contribution in [0, 0.1) is 13.8 Å². The van der Waals surface area contributed by atoms with Crippen molar-refractivity contribution >= 4 is 16.8 Å². The van der Waals surface area contributed by atoms with E-state index in [0.29, 0.717) is 5.69 Å². The van der Waals surface area contributed by atoms with Gasteiger partial charge in [-0.1, -0.05) is 6.07 Å². The number of aromatic amines is 1. The molecule has 2 rings (SSSR count). The molecule has 1 N–H and O–H groups in total. The summed E-state index contributed by atoms with van der Waals surface area (Å²) in [6.07, 6.45) is -5.27. The fraction of sp³-hybridized carbons (Fsp3) is 0.400. The van der Waals surface area contributed by atoms with Crippen LogP contribution in [-0.2, 0) is 0 Å². The van der Waals surface area contributed by atoms with Crippen molar-refractivity contribution in [1.29, 1.82) is 0 Å². The Morgan fingerprint density at radius 1 is 1.24 bits per heavy atom. The molecular formula is C15H17F3N2O. The Labute approximate surface area is 120 Å². The van der Waals surface area contributed by atoms with Crippen LogP contribution in [0.1, 0.15) is 28.0 Å². The number of amides is 1. The number of aryl methyl sites for hydroxylation is 2. The number of nitrogens with one attached hydrogen (secondary N) is 1. The molecule has 0 bridgehead atoms. The first-order chi connectivity index (χ1) is 9.67. The van der Waals surface area contributed by atoms with Crippen LogP contribution in [0.3, 0.4) is 0 Å². The van der Waals surface area contributed by atoms with Crippen LogP contribution in [0.4, 0.5) is 13.2 Å². The number of fused-ring (bicyclic) bond motifs is 1. The summed E-state index contributed by atoms with van der Waals surface area (Å²) in [6, 6.07) is 5.60. The molecule has 1 aromatic heterocycles. The van der Waals surface area contributed by atoms with Crippen LogP contribution < -0.4 is 0 Å². The van der Waals surface area contributed by atoms with Crippen molar-refractivity contribution < 1.29 is 18.0 Å². The zero-order valence-electron chi connectivity index (χ0n) is 12.1. The lowest BCUT2D eigenvalue weighted by Gasteiger charge is -2.17. The average Bonchev–Trinajstić information content (AvgIpc) is 2.78. The monoisotopic (exact) mass is 298 g/mol. The van der Waals surface area contributed by atoms with Gasteiger partial charge < -0.3 is 9.88 Å². The maximum atomic E-state index is 12.2. The topological polar surface area (TPSA) is 36.1 Å². The van der Waals surface area contributed by atoms with E-state index in [2.05, 4.69) is 4.98 Å². The highest BCUT2D eigenvalue weighted by Gasteiger charge is 2.28. The van der Waals surface area contributed by atoms with Crippen molar-refractivity contribution in [2.75, 3.05) is 13.6 Å². The van der Waals surface area contributed by atoms with E-state index in [1.807, 2.05) is 26.0 Å². The zero-order chi connectivity index (χ0) is 15.8. The Morgan fingerprint density at radius 2 is 1.90 bits per heavy atom. The van der Waals surface area contributed by atoms with Gasteiger partial charge in [-0.25, -0.2) is 0 Å². The van der Waals surface area contributed by atoms with Gasteiger partial charge in [-0.2, -0.15) is 13.2 Å². The van der Waals surface area contributed by atoms with Crippen molar-refractivity contribution in [3.05, 3.63) is 35.0 Å². The first-order valence-corrected chi connectivity index (χ1v) is 6.59. The number of aromatic nitrogens is 1. The lowest BCUT2D eigenvalue weighted by molar-refractivity contribution is -0.136. The number of hydrogen-bond acceptors (Lipinski definition) is 1. The van der Waals surface area contributed by atoms with Gasteiger partial charge in [-0.3, -0.25) is 4.79 Å². The molecule has 0 aliphatic rings. The SMILES string of the molecule is Cc1cc(C)c2cc(C(=O)N(C)CCC(F)(F)F)[nH]c2c1. The maximum absolute atomic E-state index is 12.2. The van der Waals surface area contributed by atoms with Crippen LogP contribution in [0.2, 0.25) is 0 Å². The summed E-state index contributed by atoms with van der Waals surface area (Å²) < 4.78 is 36.6. The third kappa shape index (κ3) is 3.56. The van der Waals surface area contributed by atoms with Gasteiger partial charge in [0.05, 0.1) is 6.42 Å². The highest BCUT2D eigenvalue weighted by atomic mass is 19.4. The lowest BCUT2D eigenvalue weighted by atomic mass is 10.1. The van der Waals surface area contributed by atoms with Crippen molar-refractivity contribution in [2.45, 2.75) is 26.4 Å². The van der Waals surface area contributed by atoms with Crippen LogP contribution in [0.25, 0.3) is 10.9 Å². The molecule has 114 valence electrons. The molecule has 0 atom stereocenters. The Morgan fingerprint density at radius 3 is 2.52 bits per heavy atom. The predicted molar refractivity (Wildman–Crippen MR) is 75.4 cm³/mol. The average molecular weight is 298 g/mol. The molecule has 0 fully saturated rings. The molecule has 0 saturated heterocycles. The van der Waals surface area contributed by atoms with Gasteiger partial charge in [0.2, 0.25) is 0 Å². The molecule has 21 heavy (non-hydrogen) atoms. The van der Waals surface area contributed by atoms with E-state index in [4.69, 9.17) is 0 Å². The van der Waals surface area contributed by atoms with Crippen molar-refractivity contribution in [2.24, 2.45) is 0 Å². The van der Waals surface area contributed by atoms with E-state index in [9.17, 15) is 18.0 Å². The fourth-order valence-electron chi connectivity index (χ4n) is 2.32. The number of benzene rings is 1. The van der Waals surface area contributed by atoms with E-state index >= 15 is 0 Å². The maximum Gasteiger partial charge on any atom is 0.390 e. The highest BCUT2D eigenvalue weighted by molar-refractivity contribution is 5.98. The zero-order valence-corrected chi connectivity index (χ0v) is 12.1. The smallest absolute Gasteiger partial charge is 0.351 e. The number of nitrogens with zero attached hydrogens (tertiary/aromatic N) is 1. The van der Waals surface area contributed by atoms with Gasteiger partial charge in [0, 0.05) is 24.5 Å². The molecule has 0 unspecified atom stereocenters. The molecule has 0 aliphatic heterocycles. The summed E-state index contributed by atoms with van der Waals surface area (Å²) >= 11 is 0. The highest BCUT2D eigenvalue weighted by Crippen LogP contribution is 2.23. The Bertz CT molecular complexity index is 673. The molecular weight excluding hydrogens is 281 g/mol. The van der Waals surface area contributed by atoms with Crippen LogP contribution in [0.5, 0.6) is 0 Å². The molecule has 2 aromatic rings. The number of halogens is 3. The van der Waals surface area contributed by atoms with E-state index < -0.39 is 18.5 Å². The minimum atomic E-state index is -4.26. The number of carbonyl (C=O) groups is 1. The molecule has 0 saturated carbocycles. The molecule has 1 heterocycles. The quantitative estimate of drug-likeness (QED) is 0.919. The third-order valence-corrected chi connectivity index (χ3v) is 3.40. The van der Waals surface area contributed by atoms with E-state index in [0.717, 1.165) is 26.9 Å². The molecule has 6 heteroatoms. The Balaban J connectivity index is 2.21. The minimum absolute atomic E-state index is 0.309. The minimum Gasteiger partial charge on any atom is -0.351 e. The van der Waals surface area contributed by atoms with Gasteiger partial charge >= 0.3 is 6.18 Å². The number of H-pyrrole nitrogens is 1.